The first-order valence-electron chi connectivity index (χ1n) is 5.98. The summed E-state index contributed by atoms with van der Waals surface area (Å²) in [6, 6.07) is 1.10. The van der Waals surface area contributed by atoms with Crippen molar-refractivity contribution in [2.24, 2.45) is 5.73 Å². The summed E-state index contributed by atoms with van der Waals surface area (Å²) < 4.78 is 5.89. The van der Waals surface area contributed by atoms with Gasteiger partial charge in [-0.3, -0.25) is 4.90 Å². The van der Waals surface area contributed by atoms with Crippen molar-refractivity contribution < 1.29 is 4.74 Å². The molecule has 0 aromatic heterocycles. The van der Waals surface area contributed by atoms with E-state index in [0.717, 1.165) is 6.54 Å². The summed E-state index contributed by atoms with van der Waals surface area (Å²) in [5, 5.41) is 0. The van der Waals surface area contributed by atoms with Crippen LogP contribution in [0, 0.1) is 0 Å². The van der Waals surface area contributed by atoms with Gasteiger partial charge in [0.2, 0.25) is 0 Å². The number of fused-ring (bicyclic) bond motifs is 2. The molecule has 0 amide bonds. The maximum absolute atomic E-state index is 6.01. The average Bonchev–Trinajstić information content (AvgIpc) is 2.78. The summed E-state index contributed by atoms with van der Waals surface area (Å²) in [4.78, 5) is 2.58. The van der Waals surface area contributed by atoms with E-state index in [4.69, 9.17) is 10.5 Å². The minimum atomic E-state index is 0.405. The predicted molar refractivity (Wildman–Crippen MR) is 55.1 cm³/mol. The first kappa shape index (κ1) is 9.13. The minimum absolute atomic E-state index is 0.405. The van der Waals surface area contributed by atoms with Crippen LogP contribution in [-0.4, -0.2) is 42.3 Å². The molecule has 0 radical (unpaired) electrons. The van der Waals surface area contributed by atoms with E-state index in [-0.39, 0.29) is 0 Å². The minimum Gasteiger partial charge on any atom is -0.373 e. The molecular weight excluding hydrogens is 176 g/mol. The second-order valence-corrected chi connectivity index (χ2v) is 5.07. The van der Waals surface area contributed by atoms with Crippen molar-refractivity contribution >= 4 is 0 Å². The Balaban J connectivity index is 1.65. The highest BCUT2D eigenvalue weighted by atomic mass is 16.5. The molecule has 3 nitrogen and oxygen atoms in total. The van der Waals surface area contributed by atoms with Gasteiger partial charge in [0, 0.05) is 18.6 Å². The van der Waals surface area contributed by atoms with Gasteiger partial charge in [-0.15, -0.1) is 0 Å². The van der Waals surface area contributed by atoms with Gasteiger partial charge < -0.3 is 10.5 Å². The van der Waals surface area contributed by atoms with Gasteiger partial charge in [-0.1, -0.05) is 0 Å². The Bertz CT molecular complexity index is 221. The zero-order chi connectivity index (χ0) is 9.54. The topological polar surface area (TPSA) is 38.5 Å². The van der Waals surface area contributed by atoms with Gasteiger partial charge in [-0.2, -0.15) is 0 Å². The van der Waals surface area contributed by atoms with Gasteiger partial charge in [-0.25, -0.2) is 0 Å². The van der Waals surface area contributed by atoms with Crippen LogP contribution in [-0.2, 0) is 4.74 Å². The van der Waals surface area contributed by atoms with Crippen molar-refractivity contribution in [3.05, 3.63) is 0 Å². The number of nitrogens with zero attached hydrogens (tertiary/aromatic N) is 1. The lowest BCUT2D eigenvalue weighted by molar-refractivity contribution is 0.0596. The monoisotopic (exact) mass is 196 g/mol. The van der Waals surface area contributed by atoms with E-state index in [1.807, 2.05) is 0 Å². The molecule has 0 aliphatic carbocycles. The summed E-state index contributed by atoms with van der Waals surface area (Å²) in [6.07, 6.45) is 7.42. The molecule has 80 valence electrons. The van der Waals surface area contributed by atoms with Crippen molar-refractivity contribution in [1.82, 2.24) is 4.90 Å². The molecule has 3 heterocycles. The standard InChI is InChI=1S/C11H20N2O/c12-8-2-1-5-13(7-8)10-6-9-3-4-11(10)14-9/h8-11H,1-7,12H2. The molecule has 0 aromatic carbocycles. The molecule has 3 aliphatic rings. The molecule has 4 unspecified atom stereocenters. The summed E-state index contributed by atoms with van der Waals surface area (Å²) in [7, 11) is 0. The molecule has 0 spiro atoms. The number of nitrogens with two attached hydrogens (primary N) is 1. The van der Waals surface area contributed by atoms with Crippen LogP contribution in [0.4, 0.5) is 0 Å². The van der Waals surface area contributed by atoms with Gasteiger partial charge in [0.05, 0.1) is 12.2 Å². The molecular formula is C11H20N2O. The summed E-state index contributed by atoms with van der Waals surface area (Å²) >= 11 is 0. The average molecular weight is 196 g/mol. The highest BCUT2D eigenvalue weighted by molar-refractivity contribution is 4.96. The van der Waals surface area contributed by atoms with Gasteiger partial charge in [0.15, 0.2) is 0 Å². The van der Waals surface area contributed by atoms with Gasteiger partial charge in [0.25, 0.3) is 0 Å². The maximum atomic E-state index is 6.01. The van der Waals surface area contributed by atoms with Crippen molar-refractivity contribution in [2.45, 2.75) is 56.4 Å². The van der Waals surface area contributed by atoms with Crippen molar-refractivity contribution in [3.8, 4) is 0 Å². The van der Waals surface area contributed by atoms with Crippen LogP contribution in [0.3, 0.4) is 0 Å². The second-order valence-electron chi connectivity index (χ2n) is 5.07. The normalized spacial score (nSPS) is 48.6. The molecule has 3 saturated heterocycles. The Kier molecular flexibility index (Phi) is 2.26. The largest absolute Gasteiger partial charge is 0.373 e. The third kappa shape index (κ3) is 1.47. The SMILES string of the molecule is NC1CCCN(C2CC3CCC2O3)C1. The number of piperidine rings is 1. The Morgan fingerprint density at radius 1 is 1.21 bits per heavy atom. The maximum Gasteiger partial charge on any atom is 0.0735 e. The van der Waals surface area contributed by atoms with E-state index in [0.29, 0.717) is 24.3 Å². The Hall–Kier alpha value is -0.120. The fourth-order valence-corrected chi connectivity index (χ4v) is 3.34. The van der Waals surface area contributed by atoms with Crippen LogP contribution >= 0.6 is 0 Å². The highest BCUT2D eigenvalue weighted by Crippen LogP contribution is 2.37. The Labute approximate surface area is 85.6 Å². The molecule has 3 rings (SSSR count). The van der Waals surface area contributed by atoms with Crippen molar-refractivity contribution in [3.63, 3.8) is 0 Å². The van der Waals surface area contributed by atoms with Crippen LogP contribution in [0.2, 0.25) is 0 Å². The Morgan fingerprint density at radius 3 is 2.79 bits per heavy atom. The van der Waals surface area contributed by atoms with Gasteiger partial charge >= 0.3 is 0 Å². The molecule has 4 atom stereocenters. The summed E-state index contributed by atoms with van der Waals surface area (Å²) in [5.74, 6) is 0. The molecule has 2 bridgehead atoms. The lowest BCUT2D eigenvalue weighted by Gasteiger charge is -2.37. The third-order valence-electron chi connectivity index (χ3n) is 4.03. The van der Waals surface area contributed by atoms with Crippen LogP contribution < -0.4 is 5.73 Å². The van der Waals surface area contributed by atoms with Crippen LogP contribution in [0.25, 0.3) is 0 Å². The van der Waals surface area contributed by atoms with E-state index >= 15 is 0 Å². The molecule has 2 N–H and O–H groups in total. The van der Waals surface area contributed by atoms with Crippen molar-refractivity contribution in [2.75, 3.05) is 13.1 Å². The number of hydrogen-bond acceptors (Lipinski definition) is 3. The van der Waals surface area contributed by atoms with Gasteiger partial charge in [0.1, 0.15) is 0 Å². The third-order valence-corrected chi connectivity index (χ3v) is 4.03. The zero-order valence-electron chi connectivity index (χ0n) is 8.69. The fourth-order valence-electron chi connectivity index (χ4n) is 3.34. The van der Waals surface area contributed by atoms with Crippen molar-refractivity contribution in [1.29, 1.82) is 0 Å². The lowest BCUT2D eigenvalue weighted by Crippen LogP contribution is -2.50. The van der Waals surface area contributed by atoms with Crippen LogP contribution in [0.15, 0.2) is 0 Å². The molecule has 0 saturated carbocycles. The molecule has 14 heavy (non-hydrogen) atoms. The smallest absolute Gasteiger partial charge is 0.0735 e. The first-order valence-corrected chi connectivity index (χ1v) is 5.98. The summed E-state index contributed by atoms with van der Waals surface area (Å²) in [5.41, 5.74) is 6.01. The fraction of sp³-hybridized carbons (Fsp3) is 1.00. The quantitative estimate of drug-likeness (QED) is 0.672. The van der Waals surface area contributed by atoms with E-state index < -0.39 is 0 Å². The number of rotatable bonds is 1. The predicted octanol–water partition coefficient (Wildman–Crippen LogP) is 0.729. The lowest BCUT2D eigenvalue weighted by atomic mass is 9.92. The highest BCUT2D eigenvalue weighted by Gasteiger charge is 2.43. The summed E-state index contributed by atoms with van der Waals surface area (Å²) in [6.45, 7) is 2.34. The number of ether oxygens (including phenoxy) is 1. The number of hydrogen-bond donors (Lipinski definition) is 1. The van der Waals surface area contributed by atoms with E-state index in [2.05, 4.69) is 4.90 Å². The Morgan fingerprint density at radius 2 is 2.14 bits per heavy atom. The van der Waals surface area contributed by atoms with Gasteiger partial charge in [-0.05, 0) is 38.6 Å². The van der Waals surface area contributed by atoms with E-state index in [1.54, 1.807) is 0 Å². The van der Waals surface area contributed by atoms with E-state index in [1.165, 1.54) is 38.6 Å². The molecule has 3 heteroatoms. The zero-order valence-corrected chi connectivity index (χ0v) is 8.69. The second kappa shape index (κ2) is 3.47. The van der Waals surface area contributed by atoms with Crippen LogP contribution in [0.1, 0.15) is 32.1 Å². The first-order chi connectivity index (χ1) is 6.83. The molecule has 3 aliphatic heterocycles. The molecule has 0 aromatic rings. The molecule has 3 fully saturated rings. The van der Waals surface area contributed by atoms with E-state index in [9.17, 15) is 0 Å². The number of likely N-dealkylation sites (tertiary alicyclic amines) is 1. The van der Waals surface area contributed by atoms with Crippen LogP contribution in [0.5, 0.6) is 0 Å².